The number of aliphatic hydroxyl groups excluding tert-OH is 1. The van der Waals surface area contributed by atoms with Gasteiger partial charge in [-0.3, -0.25) is 0 Å². The summed E-state index contributed by atoms with van der Waals surface area (Å²) in [6.45, 7) is 3.69. The van der Waals surface area contributed by atoms with Crippen LogP contribution in [0.15, 0.2) is 91.0 Å². The molecule has 0 aliphatic carbocycles. The van der Waals surface area contributed by atoms with E-state index in [4.69, 9.17) is 23.7 Å². The molecule has 4 rings (SSSR count). The normalized spacial score (nSPS) is 24.3. The zero-order valence-electron chi connectivity index (χ0n) is 20.1. The van der Waals surface area contributed by atoms with Gasteiger partial charge in [0.15, 0.2) is 6.29 Å². The molecule has 186 valence electrons. The van der Waals surface area contributed by atoms with Crippen molar-refractivity contribution < 1.29 is 28.8 Å². The van der Waals surface area contributed by atoms with Gasteiger partial charge in [0.1, 0.15) is 24.4 Å². The predicted octanol–water partition coefficient (Wildman–Crippen LogP) is 4.50. The highest BCUT2D eigenvalue weighted by Gasteiger charge is 2.47. The van der Waals surface area contributed by atoms with E-state index in [0.717, 1.165) is 16.7 Å². The van der Waals surface area contributed by atoms with E-state index < -0.39 is 30.7 Å². The molecule has 0 amide bonds. The van der Waals surface area contributed by atoms with Crippen molar-refractivity contribution in [3.8, 4) is 0 Å². The van der Waals surface area contributed by atoms with Crippen molar-refractivity contribution in [2.24, 2.45) is 0 Å². The first-order chi connectivity index (χ1) is 17.2. The molecule has 6 heteroatoms. The van der Waals surface area contributed by atoms with E-state index in [1.54, 1.807) is 0 Å². The molecule has 3 aromatic rings. The Balaban J connectivity index is 1.50. The van der Waals surface area contributed by atoms with Crippen molar-refractivity contribution in [3.63, 3.8) is 0 Å². The highest BCUT2D eigenvalue weighted by Crippen LogP contribution is 2.29. The average molecular weight is 479 g/mol. The number of aliphatic hydroxyl groups is 1. The molecule has 0 radical (unpaired) electrons. The van der Waals surface area contributed by atoms with Gasteiger partial charge in [-0.05, 0) is 23.6 Å². The fourth-order valence-corrected chi connectivity index (χ4v) is 4.12. The van der Waals surface area contributed by atoms with E-state index in [9.17, 15) is 5.11 Å². The minimum absolute atomic E-state index is 0.274. The number of ether oxygens (including phenoxy) is 5. The van der Waals surface area contributed by atoms with Crippen molar-refractivity contribution in [1.82, 2.24) is 0 Å². The summed E-state index contributed by atoms with van der Waals surface area (Å²) in [5.74, 6) is 0. The van der Waals surface area contributed by atoms with Crippen LogP contribution in [0.1, 0.15) is 23.6 Å². The van der Waals surface area contributed by atoms with Crippen molar-refractivity contribution >= 4 is 0 Å². The third kappa shape index (κ3) is 7.45. The number of hydrogen-bond donors (Lipinski definition) is 1. The zero-order valence-corrected chi connectivity index (χ0v) is 20.1. The molecule has 0 bridgehead atoms. The van der Waals surface area contributed by atoms with Gasteiger partial charge in [-0.2, -0.15) is 0 Å². The van der Waals surface area contributed by atoms with Crippen LogP contribution in [0, 0.1) is 0 Å². The molecule has 3 aromatic carbocycles. The van der Waals surface area contributed by atoms with E-state index in [1.807, 2.05) is 97.9 Å². The predicted molar refractivity (Wildman–Crippen MR) is 132 cm³/mol. The fourth-order valence-electron chi connectivity index (χ4n) is 4.12. The summed E-state index contributed by atoms with van der Waals surface area (Å²) in [4.78, 5) is 0. The molecular formula is C29H34O6. The van der Waals surface area contributed by atoms with Crippen LogP contribution in [0.2, 0.25) is 0 Å². The van der Waals surface area contributed by atoms with Crippen molar-refractivity contribution in [3.05, 3.63) is 108 Å². The van der Waals surface area contributed by atoms with Crippen molar-refractivity contribution in [2.45, 2.75) is 57.5 Å². The highest BCUT2D eigenvalue weighted by atomic mass is 16.7. The molecule has 6 nitrogen and oxygen atoms in total. The van der Waals surface area contributed by atoms with Crippen LogP contribution in [0.5, 0.6) is 0 Å². The first kappa shape index (κ1) is 25.5. The van der Waals surface area contributed by atoms with Crippen molar-refractivity contribution in [2.75, 3.05) is 13.2 Å². The van der Waals surface area contributed by atoms with E-state index >= 15 is 0 Å². The Morgan fingerprint density at radius 3 is 1.66 bits per heavy atom. The highest BCUT2D eigenvalue weighted by molar-refractivity contribution is 5.15. The summed E-state index contributed by atoms with van der Waals surface area (Å²) in [7, 11) is 0. The second-order valence-corrected chi connectivity index (χ2v) is 8.51. The maximum atomic E-state index is 11.1. The topological polar surface area (TPSA) is 66.4 Å². The average Bonchev–Trinajstić information content (AvgIpc) is 2.90. The minimum atomic E-state index is -1.01. The van der Waals surface area contributed by atoms with Crippen LogP contribution < -0.4 is 0 Å². The summed E-state index contributed by atoms with van der Waals surface area (Å²) >= 11 is 0. The van der Waals surface area contributed by atoms with E-state index in [2.05, 4.69) is 0 Å². The lowest BCUT2D eigenvalue weighted by atomic mass is 9.98. The lowest BCUT2D eigenvalue weighted by Crippen LogP contribution is -2.61. The largest absolute Gasteiger partial charge is 0.385 e. The molecule has 1 fully saturated rings. The summed E-state index contributed by atoms with van der Waals surface area (Å²) in [6.07, 6.45) is -3.54. The Bertz CT molecular complexity index is 968. The number of benzene rings is 3. The molecule has 0 saturated carbocycles. The van der Waals surface area contributed by atoms with Crippen LogP contribution in [-0.4, -0.2) is 49.0 Å². The third-order valence-corrected chi connectivity index (χ3v) is 5.91. The molecule has 1 aliphatic rings. The standard InChI is InChI=1S/C29H34O6/c1-2-32-29-26(30)28(34-20-24-16-10-5-11-17-24)27(33-19-23-14-8-4-9-15-23)25(35-29)21-31-18-22-12-6-3-7-13-22/h3-17,25-30H,2,18-21H2,1H3/t25-,26-,27+,28-,29-/m1/s1. The Kier molecular flexibility index (Phi) is 9.84. The maximum Gasteiger partial charge on any atom is 0.186 e. The van der Waals surface area contributed by atoms with Gasteiger partial charge in [-0.15, -0.1) is 0 Å². The van der Waals surface area contributed by atoms with Crippen LogP contribution >= 0.6 is 0 Å². The van der Waals surface area contributed by atoms with Gasteiger partial charge >= 0.3 is 0 Å². The Labute approximate surface area is 207 Å². The van der Waals surface area contributed by atoms with Crippen LogP contribution in [-0.2, 0) is 43.5 Å². The van der Waals surface area contributed by atoms with Gasteiger partial charge in [0.2, 0.25) is 0 Å². The summed E-state index contributed by atoms with van der Waals surface area (Å²) in [5, 5.41) is 11.1. The lowest BCUT2D eigenvalue weighted by Gasteiger charge is -2.44. The fraction of sp³-hybridized carbons (Fsp3) is 0.379. The molecule has 1 heterocycles. The monoisotopic (exact) mass is 478 g/mol. The molecular weight excluding hydrogens is 444 g/mol. The molecule has 1 saturated heterocycles. The van der Waals surface area contributed by atoms with Gasteiger partial charge in [0, 0.05) is 6.61 Å². The number of rotatable bonds is 12. The van der Waals surface area contributed by atoms with E-state index in [1.165, 1.54) is 0 Å². The number of hydrogen-bond acceptors (Lipinski definition) is 6. The second-order valence-electron chi connectivity index (χ2n) is 8.51. The second kappa shape index (κ2) is 13.5. The summed E-state index contributed by atoms with van der Waals surface area (Å²) < 4.78 is 30.5. The van der Waals surface area contributed by atoms with Gasteiger partial charge in [0.05, 0.1) is 26.4 Å². The first-order valence-electron chi connectivity index (χ1n) is 12.1. The zero-order chi connectivity index (χ0) is 24.3. The summed E-state index contributed by atoms with van der Waals surface area (Å²) in [6, 6.07) is 29.8. The van der Waals surface area contributed by atoms with Crippen LogP contribution in [0.3, 0.4) is 0 Å². The molecule has 0 spiro atoms. The molecule has 5 atom stereocenters. The molecule has 0 unspecified atom stereocenters. The van der Waals surface area contributed by atoms with Gasteiger partial charge < -0.3 is 28.8 Å². The van der Waals surface area contributed by atoms with Gasteiger partial charge in [-0.25, -0.2) is 0 Å². The summed E-state index contributed by atoms with van der Waals surface area (Å²) in [5.41, 5.74) is 3.11. The molecule has 35 heavy (non-hydrogen) atoms. The Morgan fingerprint density at radius 2 is 1.14 bits per heavy atom. The van der Waals surface area contributed by atoms with Crippen LogP contribution in [0.4, 0.5) is 0 Å². The quantitative estimate of drug-likeness (QED) is 0.414. The Hall–Kier alpha value is -2.58. The maximum absolute atomic E-state index is 11.1. The first-order valence-corrected chi connectivity index (χ1v) is 12.1. The lowest BCUT2D eigenvalue weighted by molar-refractivity contribution is -0.318. The smallest absolute Gasteiger partial charge is 0.186 e. The minimum Gasteiger partial charge on any atom is -0.385 e. The van der Waals surface area contributed by atoms with Crippen LogP contribution in [0.25, 0.3) is 0 Å². The third-order valence-electron chi connectivity index (χ3n) is 5.91. The molecule has 1 N–H and O–H groups in total. The van der Waals surface area contributed by atoms with Crippen molar-refractivity contribution in [1.29, 1.82) is 0 Å². The Morgan fingerprint density at radius 1 is 0.657 bits per heavy atom. The SMILES string of the molecule is CCO[C@@H]1O[C@H](COCc2ccccc2)[C@H](OCc2ccccc2)[C@H](OCc2ccccc2)[C@H]1O. The van der Waals surface area contributed by atoms with E-state index in [0.29, 0.717) is 26.4 Å². The van der Waals surface area contributed by atoms with Gasteiger partial charge in [-0.1, -0.05) is 91.0 Å². The van der Waals surface area contributed by atoms with E-state index in [-0.39, 0.29) is 6.61 Å². The molecule has 1 aliphatic heterocycles. The molecule has 0 aromatic heterocycles. The van der Waals surface area contributed by atoms with Gasteiger partial charge in [0.25, 0.3) is 0 Å².